The van der Waals surface area contributed by atoms with Crippen molar-refractivity contribution in [1.82, 2.24) is 24.1 Å². The highest BCUT2D eigenvalue weighted by atomic mass is 32.2. The first-order valence-corrected chi connectivity index (χ1v) is 9.31. The first-order valence-electron chi connectivity index (χ1n) is 8.32. The van der Waals surface area contributed by atoms with Crippen molar-refractivity contribution in [2.75, 3.05) is 0 Å². The number of hydrogen-bond acceptors (Lipinski definition) is 5. The summed E-state index contributed by atoms with van der Waals surface area (Å²) in [5, 5.41) is 9.38. The highest BCUT2D eigenvalue weighted by Crippen LogP contribution is 2.22. The van der Waals surface area contributed by atoms with Gasteiger partial charge in [-0.25, -0.2) is 4.98 Å². The summed E-state index contributed by atoms with van der Waals surface area (Å²) in [5.41, 5.74) is 3.14. The van der Waals surface area contributed by atoms with Crippen LogP contribution in [0.2, 0.25) is 0 Å². The summed E-state index contributed by atoms with van der Waals surface area (Å²) in [6.45, 7) is 2.44. The molecular formula is C19H19N5OS. The second kappa shape index (κ2) is 7.21. The second-order valence-corrected chi connectivity index (χ2v) is 6.99. The minimum Gasteiger partial charge on any atom is -0.486 e. The molecule has 0 saturated heterocycles. The number of thioether (sulfide) groups is 1. The summed E-state index contributed by atoms with van der Waals surface area (Å²) < 4.78 is 9.81. The minimum atomic E-state index is 0.391. The summed E-state index contributed by atoms with van der Waals surface area (Å²) in [6.07, 6.45) is 4.04. The molecule has 0 spiro atoms. The number of nitrogens with zero attached hydrogens (tertiary/aromatic N) is 5. The zero-order valence-electron chi connectivity index (χ0n) is 14.7. The number of aryl methyl sites for hydroxylation is 1. The highest BCUT2D eigenvalue weighted by Gasteiger charge is 2.11. The van der Waals surface area contributed by atoms with Crippen LogP contribution in [0.3, 0.4) is 0 Å². The maximum atomic E-state index is 5.82. The minimum absolute atomic E-state index is 0.391. The molecule has 0 aliphatic heterocycles. The van der Waals surface area contributed by atoms with Crippen molar-refractivity contribution in [1.29, 1.82) is 0 Å². The van der Waals surface area contributed by atoms with Gasteiger partial charge < -0.3 is 13.7 Å². The number of aromatic nitrogens is 5. The van der Waals surface area contributed by atoms with Crippen molar-refractivity contribution in [2.24, 2.45) is 7.05 Å². The summed E-state index contributed by atoms with van der Waals surface area (Å²) in [7, 11) is 1.96. The van der Waals surface area contributed by atoms with Crippen LogP contribution in [0.1, 0.15) is 17.1 Å². The number of hydrogen-bond donors (Lipinski definition) is 0. The number of benzene rings is 1. The zero-order chi connectivity index (χ0) is 17.9. The number of imidazole rings is 1. The van der Waals surface area contributed by atoms with Crippen LogP contribution < -0.4 is 4.74 Å². The number of fused-ring (bicyclic) bond motifs is 1. The van der Waals surface area contributed by atoms with Gasteiger partial charge in [0.25, 0.3) is 0 Å². The van der Waals surface area contributed by atoms with E-state index in [9.17, 15) is 0 Å². The van der Waals surface area contributed by atoms with Crippen LogP contribution in [0.4, 0.5) is 0 Å². The largest absolute Gasteiger partial charge is 0.486 e. The molecule has 4 aromatic rings. The van der Waals surface area contributed by atoms with Gasteiger partial charge in [-0.05, 0) is 36.8 Å². The van der Waals surface area contributed by atoms with Crippen LogP contribution in [0.25, 0.3) is 5.65 Å². The molecule has 0 atom stereocenters. The van der Waals surface area contributed by atoms with Crippen molar-refractivity contribution >= 4 is 17.4 Å². The van der Waals surface area contributed by atoms with Gasteiger partial charge in [0.2, 0.25) is 0 Å². The third kappa shape index (κ3) is 3.57. The van der Waals surface area contributed by atoms with Gasteiger partial charge in [0.15, 0.2) is 11.0 Å². The van der Waals surface area contributed by atoms with Crippen molar-refractivity contribution in [3.63, 3.8) is 0 Å². The Labute approximate surface area is 155 Å². The summed E-state index contributed by atoms with van der Waals surface area (Å²) >= 11 is 1.62. The molecule has 0 unspecified atom stereocenters. The lowest BCUT2D eigenvalue weighted by Gasteiger charge is -2.07. The van der Waals surface area contributed by atoms with Crippen LogP contribution in [0, 0.1) is 6.92 Å². The normalized spacial score (nSPS) is 11.2. The van der Waals surface area contributed by atoms with Gasteiger partial charge in [-0.3, -0.25) is 0 Å². The van der Waals surface area contributed by atoms with Crippen LogP contribution >= 0.6 is 11.8 Å². The molecule has 132 valence electrons. The smallest absolute Gasteiger partial charge is 0.191 e. The lowest BCUT2D eigenvalue weighted by atomic mass is 10.2. The molecular weight excluding hydrogens is 346 g/mol. The first kappa shape index (κ1) is 16.7. The number of pyridine rings is 1. The molecule has 0 saturated carbocycles. The fourth-order valence-electron chi connectivity index (χ4n) is 2.64. The van der Waals surface area contributed by atoms with Crippen LogP contribution in [0.5, 0.6) is 5.75 Å². The molecule has 6 nitrogen and oxygen atoms in total. The van der Waals surface area contributed by atoms with Crippen LogP contribution in [-0.4, -0.2) is 24.1 Å². The average Bonchev–Trinajstić information content (AvgIpc) is 3.21. The Kier molecular flexibility index (Phi) is 4.62. The van der Waals surface area contributed by atoms with Gasteiger partial charge in [-0.15, -0.1) is 10.2 Å². The summed E-state index contributed by atoms with van der Waals surface area (Å²) in [5.74, 6) is 2.38. The van der Waals surface area contributed by atoms with E-state index in [2.05, 4.69) is 15.2 Å². The topological polar surface area (TPSA) is 57.2 Å². The van der Waals surface area contributed by atoms with Crippen LogP contribution in [-0.2, 0) is 19.4 Å². The van der Waals surface area contributed by atoms with E-state index in [1.54, 1.807) is 11.8 Å². The Morgan fingerprint density at radius 2 is 2.04 bits per heavy atom. The SMILES string of the molecule is Cc1cccc(OCc2nnc(SCc3cn4ccccc4n3)n2C)c1. The Morgan fingerprint density at radius 3 is 2.88 bits per heavy atom. The van der Waals surface area contributed by atoms with Gasteiger partial charge >= 0.3 is 0 Å². The molecule has 26 heavy (non-hydrogen) atoms. The maximum Gasteiger partial charge on any atom is 0.191 e. The van der Waals surface area contributed by atoms with Gasteiger partial charge in [0.1, 0.15) is 18.0 Å². The van der Waals surface area contributed by atoms with E-state index < -0.39 is 0 Å². The van der Waals surface area contributed by atoms with Crippen molar-refractivity contribution in [2.45, 2.75) is 24.4 Å². The molecule has 0 aliphatic rings. The van der Waals surface area contributed by atoms with E-state index in [1.807, 2.05) is 77.8 Å². The quantitative estimate of drug-likeness (QED) is 0.488. The fourth-order valence-corrected chi connectivity index (χ4v) is 3.46. The molecule has 3 aromatic heterocycles. The Bertz CT molecular complexity index is 1010. The van der Waals surface area contributed by atoms with E-state index in [0.29, 0.717) is 6.61 Å². The Hall–Kier alpha value is -2.80. The van der Waals surface area contributed by atoms with E-state index in [-0.39, 0.29) is 0 Å². The zero-order valence-corrected chi connectivity index (χ0v) is 15.5. The van der Waals surface area contributed by atoms with Gasteiger partial charge in [-0.1, -0.05) is 30.0 Å². The Morgan fingerprint density at radius 1 is 1.12 bits per heavy atom. The van der Waals surface area contributed by atoms with Crippen molar-refractivity contribution in [3.05, 3.63) is 71.9 Å². The van der Waals surface area contributed by atoms with Crippen LogP contribution in [0.15, 0.2) is 60.0 Å². The monoisotopic (exact) mass is 365 g/mol. The van der Waals surface area contributed by atoms with Crippen molar-refractivity contribution < 1.29 is 4.74 Å². The average molecular weight is 365 g/mol. The molecule has 3 heterocycles. The van der Waals surface area contributed by atoms with Crippen molar-refractivity contribution in [3.8, 4) is 5.75 Å². The summed E-state index contributed by atoms with van der Waals surface area (Å²) in [6, 6.07) is 14.0. The molecule has 0 radical (unpaired) electrons. The molecule has 7 heteroatoms. The first-order chi connectivity index (χ1) is 12.7. The maximum absolute atomic E-state index is 5.82. The predicted octanol–water partition coefficient (Wildman–Crippen LogP) is 3.64. The molecule has 0 aliphatic carbocycles. The van der Waals surface area contributed by atoms with E-state index >= 15 is 0 Å². The molecule has 1 aromatic carbocycles. The standard InChI is InChI=1S/C19H19N5OS/c1-14-6-5-7-16(10-14)25-12-18-21-22-19(23(18)2)26-13-15-11-24-9-4-3-8-17(24)20-15/h3-11H,12-13H2,1-2H3. The third-order valence-electron chi connectivity index (χ3n) is 4.05. The fraction of sp³-hybridized carbons (Fsp3) is 0.211. The molecule has 4 rings (SSSR count). The van der Waals surface area contributed by atoms with E-state index in [1.165, 1.54) is 5.56 Å². The van der Waals surface area contributed by atoms with E-state index in [4.69, 9.17) is 4.74 Å². The number of rotatable bonds is 6. The molecule has 0 bridgehead atoms. The highest BCUT2D eigenvalue weighted by molar-refractivity contribution is 7.98. The van der Waals surface area contributed by atoms with Gasteiger partial charge in [0, 0.05) is 25.2 Å². The molecule has 0 fully saturated rings. The third-order valence-corrected chi connectivity index (χ3v) is 5.10. The van der Waals surface area contributed by atoms with Gasteiger partial charge in [0.05, 0.1) is 5.69 Å². The lowest BCUT2D eigenvalue weighted by Crippen LogP contribution is -2.04. The predicted molar refractivity (Wildman–Crippen MR) is 101 cm³/mol. The van der Waals surface area contributed by atoms with E-state index in [0.717, 1.165) is 33.8 Å². The summed E-state index contributed by atoms with van der Waals surface area (Å²) in [4.78, 5) is 4.61. The lowest BCUT2D eigenvalue weighted by molar-refractivity contribution is 0.290. The number of ether oxygens (including phenoxy) is 1. The molecule has 0 amide bonds. The second-order valence-electron chi connectivity index (χ2n) is 6.05. The Balaban J connectivity index is 1.40. The molecule has 0 N–H and O–H groups in total. The van der Waals surface area contributed by atoms with Gasteiger partial charge in [-0.2, -0.15) is 0 Å².